The average molecular weight is 311 g/mol. The fourth-order valence-corrected chi connectivity index (χ4v) is 2.53. The van der Waals surface area contributed by atoms with E-state index in [-0.39, 0.29) is 17.9 Å². The highest BCUT2D eigenvalue weighted by Crippen LogP contribution is 2.26. The molecule has 0 atom stereocenters. The highest BCUT2D eigenvalue weighted by Gasteiger charge is 2.26. The number of benzene rings is 1. The number of halogens is 3. The summed E-state index contributed by atoms with van der Waals surface area (Å²) in [7, 11) is -3.82. The minimum absolute atomic E-state index is 0.0161. The van der Waals surface area contributed by atoms with Crippen molar-refractivity contribution >= 4 is 10.0 Å². The van der Waals surface area contributed by atoms with Crippen LogP contribution in [0.4, 0.5) is 13.2 Å². The van der Waals surface area contributed by atoms with Crippen LogP contribution in [0.25, 0.3) is 0 Å². The second-order valence-corrected chi connectivity index (χ2v) is 6.03. The van der Waals surface area contributed by atoms with Gasteiger partial charge in [0, 0.05) is 6.42 Å². The maximum absolute atomic E-state index is 12.0. The molecule has 2 N–H and O–H groups in total. The summed E-state index contributed by atoms with van der Waals surface area (Å²) in [6.07, 6.45) is -5.27. The molecule has 0 aromatic heterocycles. The molecule has 0 aliphatic rings. The molecule has 0 amide bonds. The number of rotatable bonds is 5. The van der Waals surface area contributed by atoms with Gasteiger partial charge in [0.2, 0.25) is 10.0 Å². The second kappa shape index (κ2) is 6.01. The number of nitrogens with two attached hydrogens (primary N) is 1. The normalized spacial score (nSPS) is 12.5. The van der Waals surface area contributed by atoms with Crippen LogP contribution in [0.5, 0.6) is 5.75 Å². The Morgan fingerprint density at radius 1 is 1.20 bits per heavy atom. The molecule has 0 heterocycles. The van der Waals surface area contributed by atoms with E-state index in [1.54, 1.807) is 13.8 Å². The van der Waals surface area contributed by atoms with Gasteiger partial charge in [-0.1, -0.05) is 0 Å². The lowest BCUT2D eigenvalue weighted by molar-refractivity contribution is -0.136. The smallest absolute Gasteiger partial charge is 0.389 e. The summed E-state index contributed by atoms with van der Waals surface area (Å²) in [5, 5.41) is 5.05. The number of aryl methyl sites for hydroxylation is 2. The largest absolute Gasteiger partial charge is 0.493 e. The van der Waals surface area contributed by atoms with Crippen molar-refractivity contribution in [1.29, 1.82) is 0 Å². The van der Waals surface area contributed by atoms with Crippen LogP contribution in [0.15, 0.2) is 17.0 Å². The zero-order chi connectivity index (χ0) is 15.6. The Kier molecular flexibility index (Phi) is 5.04. The van der Waals surface area contributed by atoms with E-state index in [1.165, 1.54) is 12.1 Å². The fourth-order valence-electron chi connectivity index (χ4n) is 1.68. The molecule has 0 saturated carbocycles. The number of hydrogen-bond acceptors (Lipinski definition) is 3. The standard InChI is InChI=1S/C12H16F3NO3S/c1-8-7-11(20(16,17)18)9(2)6-10(8)19-5-3-4-12(13,14)15/h6-7H,3-5H2,1-2H3,(H2,16,17,18). The van der Waals surface area contributed by atoms with Gasteiger partial charge in [-0.05, 0) is 43.5 Å². The molecular formula is C12H16F3NO3S. The molecule has 20 heavy (non-hydrogen) atoms. The molecule has 1 aromatic carbocycles. The molecule has 0 unspecified atom stereocenters. The summed E-state index contributed by atoms with van der Waals surface area (Å²) in [4.78, 5) is -0.0161. The average Bonchev–Trinajstić information content (AvgIpc) is 2.25. The number of hydrogen-bond donors (Lipinski definition) is 1. The third kappa shape index (κ3) is 5.01. The van der Waals surface area contributed by atoms with Gasteiger partial charge in [0.1, 0.15) is 5.75 Å². The maximum Gasteiger partial charge on any atom is 0.389 e. The number of ether oxygens (including phenoxy) is 1. The Morgan fingerprint density at radius 2 is 1.80 bits per heavy atom. The van der Waals surface area contributed by atoms with Crippen molar-refractivity contribution in [1.82, 2.24) is 0 Å². The molecule has 8 heteroatoms. The number of alkyl halides is 3. The van der Waals surface area contributed by atoms with Gasteiger partial charge in [0.05, 0.1) is 11.5 Å². The SMILES string of the molecule is Cc1cc(S(N)(=O)=O)c(C)cc1OCCCC(F)(F)F. The number of sulfonamides is 1. The van der Waals surface area contributed by atoms with E-state index in [2.05, 4.69) is 0 Å². The Morgan fingerprint density at radius 3 is 2.30 bits per heavy atom. The van der Waals surface area contributed by atoms with Crippen molar-refractivity contribution in [2.24, 2.45) is 5.14 Å². The zero-order valence-electron chi connectivity index (χ0n) is 11.1. The summed E-state index contributed by atoms with van der Waals surface area (Å²) in [5.74, 6) is 0.358. The first-order valence-corrected chi connectivity index (χ1v) is 7.39. The van der Waals surface area contributed by atoms with Gasteiger partial charge in [0.15, 0.2) is 0 Å². The number of primary sulfonamides is 1. The van der Waals surface area contributed by atoms with Gasteiger partial charge in [-0.2, -0.15) is 13.2 Å². The summed E-state index contributed by atoms with van der Waals surface area (Å²) >= 11 is 0. The first-order valence-electron chi connectivity index (χ1n) is 5.84. The van der Waals surface area contributed by atoms with Gasteiger partial charge < -0.3 is 4.74 Å². The fraction of sp³-hybridized carbons (Fsp3) is 0.500. The van der Waals surface area contributed by atoms with Crippen LogP contribution < -0.4 is 9.88 Å². The van der Waals surface area contributed by atoms with Crippen LogP contribution in [-0.2, 0) is 10.0 Å². The van der Waals surface area contributed by atoms with E-state index in [9.17, 15) is 21.6 Å². The Bertz CT molecular complexity index is 582. The van der Waals surface area contributed by atoms with Crippen molar-refractivity contribution < 1.29 is 26.3 Å². The van der Waals surface area contributed by atoms with Gasteiger partial charge >= 0.3 is 6.18 Å². The molecule has 114 valence electrons. The van der Waals surface area contributed by atoms with Crippen molar-refractivity contribution in [3.05, 3.63) is 23.3 Å². The molecular weight excluding hydrogens is 295 g/mol. The van der Waals surface area contributed by atoms with Crippen LogP contribution in [0.2, 0.25) is 0 Å². The molecule has 0 spiro atoms. The van der Waals surface area contributed by atoms with Crippen molar-refractivity contribution in [2.45, 2.75) is 37.8 Å². The Labute approximate surface area is 115 Å². The Hall–Kier alpha value is -1.28. The molecule has 0 aliphatic carbocycles. The highest BCUT2D eigenvalue weighted by atomic mass is 32.2. The third-order valence-electron chi connectivity index (χ3n) is 2.64. The first kappa shape index (κ1) is 16.8. The second-order valence-electron chi connectivity index (χ2n) is 4.50. The summed E-state index contributed by atoms with van der Waals surface area (Å²) in [6.45, 7) is 3.06. The minimum atomic E-state index is -4.20. The molecule has 0 bridgehead atoms. The van der Waals surface area contributed by atoms with E-state index in [0.29, 0.717) is 16.9 Å². The van der Waals surface area contributed by atoms with Gasteiger partial charge in [-0.3, -0.25) is 0 Å². The van der Waals surface area contributed by atoms with E-state index in [0.717, 1.165) is 0 Å². The lowest BCUT2D eigenvalue weighted by Gasteiger charge is -2.13. The van der Waals surface area contributed by atoms with Crippen LogP contribution in [0.3, 0.4) is 0 Å². The third-order valence-corrected chi connectivity index (χ3v) is 3.69. The predicted molar refractivity (Wildman–Crippen MR) is 68.1 cm³/mol. The van der Waals surface area contributed by atoms with E-state index < -0.39 is 22.6 Å². The first-order chi connectivity index (χ1) is 9.00. The Balaban J connectivity index is 2.76. The molecule has 0 radical (unpaired) electrons. The monoisotopic (exact) mass is 311 g/mol. The topological polar surface area (TPSA) is 69.4 Å². The quantitative estimate of drug-likeness (QED) is 0.850. The van der Waals surface area contributed by atoms with Crippen LogP contribution >= 0.6 is 0 Å². The van der Waals surface area contributed by atoms with Gasteiger partial charge in [-0.25, -0.2) is 13.6 Å². The zero-order valence-corrected chi connectivity index (χ0v) is 11.9. The van der Waals surface area contributed by atoms with Crippen molar-refractivity contribution in [2.75, 3.05) is 6.61 Å². The van der Waals surface area contributed by atoms with E-state index in [4.69, 9.17) is 9.88 Å². The van der Waals surface area contributed by atoms with E-state index in [1.807, 2.05) is 0 Å². The van der Waals surface area contributed by atoms with Gasteiger partial charge in [0.25, 0.3) is 0 Å². The summed E-state index contributed by atoms with van der Waals surface area (Å²) < 4.78 is 63.8. The molecule has 4 nitrogen and oxygen atoms in total. The lowest BCUT2D eigenvalue weighted by Crippen LogP contribution is -2.14. The van der Waals surface area contributed by atoms with Gasteiger partial charge in [-0.15, -0.1) is 0 Å². The van der Waals surface area contributed by atoms with E-state index >= 15 is 0 Å². The van der Waals surface area contributed by atoms with Crippen molar-refractivity contribution in [3.63, 3.8) is 0 Å². The minimum Gasteiger partial charge on any atom is -0.493 e. The summed E-state index contributed by atoms with van der Waals surface area (Å²) in [6, 6.07) is 2.81. The maximum atomic E-state index is 12.0. The summed E-state index contributed by atoms with van der Waals surface area (Å²) in [5.41, 5.74) is 0.899. The molecule has 0 saturated heterocycles. The van der Waals surface area contributed by atoms with Crippen molar-refractivity contribution in [3.8, 4) is 5.75 Å². The predicted octanol–water partition coefficient (Wildman–Crippen LogP) is 2.67. The molecule has 1 rings (SSSR count). The lowest BCUT2D eigenvalue weighted by atomic mass is 10.1. The molecule has 0 fully saturated rings. The highest BCUT2D eigenvalue weighted by molar-refractivity contribution is 7.89. The van der Waals surface area contributed by atoms with Crippen LogP contribution in [0, 0.1) is 13.8 Å². The van der Waals surface area contributed by atoms with Crippen LogP contribution in [0.1, 0.15) is 24.0 Å². The molecule has 1 aromatic rings. The van der Waals surface area contributed by atoms with Crippen LogP contribution in [-0.4, -0.2) is 21.2 Å². The molecule has 0 aliphatic heterocycles.